The molecule has 1 fully saturated rings. The van der Waals surface area contributed by atoms with E-state index in [0.717, 1.165) is 42.4 Å². The standard InChI is InChI=1S/C58H62N2O9/c1-66-48-27-23-46(24-28-48)58(45-14-5-3-6-15-45,47-25-29-49(67-2)30-26-47)69-40-57(39-68-54(65)33-32-53(63)64)34-37-60(38-35-57)52(62)17-7-4-8-36-59-51(61)16-10-11-41-18-19-44-21-20-42-12-9-13-43-22-31-50(41)56(44)55(42)43/h3,5-6,9,12-15,18-31H,4,7-8,10-11,16-17,32-40H2,1-2H3,(H,59,61)(H,63,64). The highest BCUT2D eigenvalue weighted by molar-refractivity contribution is 6.23. The van der Waals surface area contributed by atoms with Gasteiger partial charge < -0.3 is 34.3 Å². The van der Waals surface area contributed by atoms with Crippen LogP contribution in [0.2, 0.25) is 0 Å². The number of benzene rings is 7. The van der Waals surface area contributed by atoms with Gasteiger partial charge in [0.1, 0.15) is 17.1 Å². The normalized spacial score (nSPS) is 13.7. The second kappa shape index (κ2) is 22.4. The SMILES string of the molecule is COc1ccc(C(OCC2(COC(=O)CCC(=O)O)CCN(C(=O)CCCCCNC(=O)CCCc3ccc4ccc5cccc6ccc3c4c56)CC2)(c2ccccc2)c2ccc(OC)cc2)cc1. The van der Waals surface area contributed by atoms with E-state index in [4.69, 9.17) is 18.9 Å². The maximum absolute atomic E-state index is 13.6. The molecule has 69 heavy (non-hydrogen) atoms. The number of carbonyl (C=O) groups excluding carboxylic acids is 3. The van der Waals surface area contributed by atoms with Gasteiger partial charge in [-0.3, -0.25) is 19.2 Å². The van der Waals surface area contributed by atoms with E-state index in [0.29, 0.717) is 63.2 Å². The molecule has 0 spiro atoms. The van der Waals surface area contributed by atoms with Crippen LogP contribution in [0.3, 0.4) is 0 Å². The smallest absolute Gasteiger partial charge is 0.306 e. The van der Waals surface area contributed by atoms with E-state index in [1.54, 1.807) is 14.2 Å². The van der Waals surface area contributed by atoms with Crippen molar-refractivity contribution >= 4 is 56.1 Å². The van der Waals surface area contributed by atoms with Crippen molar-refractivity contribution in [3.63, 3.8) is 0 Å². The third-order valence-corrected chi connectivity index (χ3v) is 13.9. The number of carboxylic acids is 1. The fourth-order valence-electron chi connectivity index (χ4n) is 9.92. The molecule has 8 rings (SSSR count). The Hall–Kier alpha value is -6.98. The number of hydrogen-bond donors (Lipinski definition) is 2. The topological polar surface area (TPSA) is 141 Å². The zero-order chi connectivity index (χ0) is 48.2. The average molecular weight is 931 g/mol. The number of unbranched alkanes of at least 4 members (excludes halogenated alkanes) is 2. The number of aliphatic carboxylic acids is 1. The maximum atomic E-state index is 13.6. The van der Waals surface area contributed by atoms with Crippen molar-refractivity contribution in [1.82, 2.24) is 10.2 Å². The van der Waals surface area contributed by atoms with Crippen molar-refractivity contribution in [3.8, 4) is 11.5 Å². The van der Waals surface area contributed by atoms with Gasteiger partial charge in [-0.25, -0.2) is 0 Å². The van der Waals surface area contributed by atoms with Gasteiger partial charge in [0.25, 0.3) is 0 Å². The van der Waals surface area contributed by atoms with Crippen LogP contribution in [-0.4, -0.2) is 80.8 Å². The summed E-state index contributed by atoms with van der Waals surface area (Å²) in [4.78, 5) is 52.5. The van der Waals surface area contributed by atoms with E-state index in [-0.39, 0.29) is 37.9 Å². The first kappa shape index (κ1) is 48.5. The largest absolute Gasteiger partial charge is 0.497 e. The van der Waals surface area contributed by atoms with E-state index in [1.807, 2.05) is 83.8 Å². The van der Waals surface area contributed by atoms with Crippen molar-refractivity contribution in [2.24, 2.45) is 5.41 Å². The van der Waals surface area contributed by atoms with E-state index in [9.17, 15) is 24.3 Å². The number of amides is 2. The first-order chi connectivity index (χ1) is 33.6. The Labute approximate surface area is 404 Å². The predicted octanol–water partition coefficient (Wildman–Crippen LogP) is 10.6. The summed E-state index contributed by atoms with van der Waals surface area (Å²) >= 11 is 0. The number of esters is 1. The van der Waals surface area contributed by atoms with Crippen LogP contribution in [0.4, 0.5) is 0 Å². The Bertz CT molecular complexity index is 2770. The maximum Gasteiger partial charge on any atom is 0.306 e. The van der Waals surface area contributed by atoms with E-state index in [2.05, 4.69) is 59.9 Å². The van der Waals surface area contributed by atoms with Gasteiger partial charge in [0, 0.05) is 37.9 Å². The van der Waals surface area contributed by atoms with Gasteiger partial charge in [0.15, 0.2) is 0 Å². The van der Waals surface area contributed by atoms with E-state index in [1.165, 1.54) is 37.9 Å². The van der Waals surface area contributed by atoms with Crippen LogP contribution < -0.4 is 14.8 Å². The number of piperidine rings is 1. The van der Waals surface area contributed by atoms with Gasteiger partial charge in [0.05, 0.1) is 40.3 Å². The molecule has 358 valence electrons. The summed E-state index contributed by atoms with van der Waals surface area (Å²) in [5.41, 5.74) is 2.07. The Morgan fingerprint density at radius 3 is 1.86 bits per heavy atom. The summed E-state index contributed by atoms with van der Waals surface area (Å²) in [6, 6.07) is 45.1. The molecule has 0 aromatic heterocycles. The number of hydrogen-bond acceptors (Lipinski definition) is 8. The lowest BCUT2D eigenvalue weighted by atomic mass is 9.77. The zero-order valence-corrected chi connectivity index (χ0v) is 39.7. The molecule has 11 nitrogen and oxygen atoms in total. The number of likely N-dealkylation sites (tertiary alicyclic amines) is 1. The third kappa shape index (κ3) is 11.3. The van der Waals surface area contributed by atoms with Crippen molar-refractivity contribution in [2.75, 3.05) is 47.1 Å². The molecule has 0 radical (unpaired) electrons. The van der Waals surface area contributed by atoms with Gasteiger partial charge in [-0.15, -0.1) is 0 Å². The van der Waals surface area contributed by atoms with Gasteiger partial charge in [-0.2, -0.15) is 0 Å². The van der Waals surface area contributed by atoms with Gasteiger partial charge in [-0.05, 0) is 117 Å². The van der Waals surface area contributed by atoms with Crippen molar-refractivity contribution in [3.05, 3.63) is 156 Å². The van der Waals surface area contributed by atoms with Crippen LogP contribution in [-0.2, 0) is 40.7 Å². The highest BCUT2D eigenvalue weighted by Gasteiger charge is 2.44. The molecule has 2 N–H and O–H groups in total. The summed E-state index contributed by atoms with van der Waals surface area (Å²) in [6.07, 6.45) is 5.19. The van der Waals surface area contributed by atoms with Gasteiger partial charge in [0.2, 0.25) is 11.8 Å². The summed E-state index contributed by atoms with van der Waals surface area (Å²) < 4.78 is 24.2. The summed E-state index contributed by atoms with van der Waals surface area (Å²) in [5, 5.41) is 19.9. The highest BCUT2D eigenvalue weighted by Crippen LogP contribution is 2.45. The summed E-state index contributed by atoms with van der Waals surface area (Å²) in [6.45, 7) is 1.64. The van der Waals surface area contributed by atoms with Gasteiger partial charge >= 0.3 is 11.9 Å². The molecule has 1 aliphatic heterocycles. The fourth-order valence-corrected chi connectivity index (χ4v) is 9.92. The first-order valence-corrected chi connectivity index (χ1v) is 24.2. The number of methoxy groups -OCH3 is 2. The molecule has 2 amide bonds. The Morgan fingerprint density at radius 2 is 1.22 bits per heavy atom. The number of carbonyl (C=O) groups is 4. The molecular weight excluding hydrogens is 869 g/mol. The van der Waals surface area contributed by atoms with Crippen LogP contribution in [0.5, 0.6) is 11.5 Å². The molecule has 0 unspecified atom stereocenters. The Balaban J connectivity index is 0.855. The van der Waals surface area contributed by atoms with Crippen molar-refractivity contribution in [2.45, 2.75) is 76.2 Å². The molecule has 0 atom stereocenters. The number of rotatable bonds is 23. The van der Waals surface area contributed by atoms with Crippen LogP contribution in [0.15, 0.2) is 133 Å². The molecule has 0 saturated carbocycles. The molecule has 0 aliphatic carbocycles. The monoisotopic (exact) mass is 930 g/mol. The number of nitrogens with zero attached hydrogens (tertiary/aromatic N) is 1. The minimum Gasteiger partial charge on any atom is -0.497 e. The molecule has 7 aromatic rings. The number of ether oxygens (including phenoxy) is 4. The summed E-state index contributed by atoms with van der Waals surface area (Å²) in [7, 11) is 3.25. The average Bonchev–Trinajstić information content (AvgIpc) is 3.39. The van der Waals surface area contributed by atoms with E-state index >= 15 is 0 Å². The van der Waals surface area contributed by atoms with Crippen LogP contribution in [0.25, 0.3) is 32.3 Å². The lowest BCUT2D eigenvalue weighted by Crippen LogP contribution is -2.49. The van der Waals surface area contributed by atoms with Crippen molar-refractivity contribution in [1.29, 1.82) is 0 Å². The number of carboxylic acid groups (broad SMARTS) is 1. The minimum atomic E-state index is -1.11. The fraction of sp³-hybridized carbons (Fsp3) is 0.345. The van der Waals surface area contributed by atoms with Crippen LogP contribution in [0, 0.1) is 5.41 Å². The number of nitrogens with one attached hydrogen (secondary N) is 1. The van der Waals surface area contributed by atoms with E-state index < -0.39 is 23.0 Å². The molecule has 7 aromatic carbocycles. The second-order valence-corrected chi connectivity index (χ2v) is 18.3. The minimum absolute atomic E-state index is 0.00923. The zero-order valence-electron chi connectivity index (χ0n) is 39.7. The summed E-state index contributed by atoms with van der Waals surface area (Å²) in [5.74, 6) is -0.160. The van der Waals surface area contributed by atoms with Crippen molar-refractivity contribution < 1.29 is 43.2 Å². The molecule has 1 aliphatic rings. The molecule has 1 saturated heterocycles. The third-order valence-electron chi connectivity index (χ3n) is 13.9. The predicted molar refractivity (Wildman–Crippen MR) is 269 cm³/mol. The lowest BCUT2D eigenvalue weighted by Gasteiger charge is -2.44. The quantitative estimate of drug-likeness (QED) is 0.0278. The first-order valence-electron chi connectivity index (χ1n) is 24.2. The lowest BCUT2D eigenvalue weighted by molar-refractivity contribution is -0.157. The molecule has 11 heteroatoms. The Kier molecular flexibility index (Phi) is 15.8. The highest BCUT2D eigenvalue weighted by atomic mass is 16.5. The molecular formula is C58H62N2O9. The Morgan fingerprint density at radius 1 is 0.609 bits per heavy atom. The van der Waals surface area contributed by atoms with Crippen LogP contribution >= 0.6 is 0 Å². The molecule has 0 bridgehead atoms. The molecule has 1 heterocycles. The van der Waals surface area contributed by atoms with Crippen LogP contribution in [0.1, 0.15) is 86.5 Å². The van der Waals surface area contributed by atoms with Gasteiger partial charge in [-0.1, -0.05) is 116 Å². The second-order valence-electron chi connectivity index (χ2n) is 18.3. The number of aryl methyl sites for hydroxylation is 1.